The molecule has 0 saturated heterocycles. The highest BCUT2D eigenvalue weighted by Gasteiger charge is 2.95. The first-order valence-corrected chi connectivity index (χ1v) is 29.6. The average molecular weight is 1280 g/mol. The summed E-state index contributed by atoms with van der Waals surface area (Å²) in [6, 6.07) is 26.5. The van der Waals surface area contributed by atoms with Crippen molar-refractivity contribution in [2.75, 3.05) is 18.0 Å². The molecule has 2 aliphatic heterocycles. The molecule has 0 fully saturated rings. The SMILES string of the molecule is C=Cc1ccc(CSc2nnc(SC3=C(/C=C/C4=[N+](CCCC)c5ccccc5C4(C)C)CC/C3=C\C=C3\N(CCCC)c4ccccc4C3(C)C)s2)cc1.O=S(=O)([O-])C(F)(F)C(F)(F)C(F)(F)C(F)(F)C(F)(F)C(F)(F)C(F)(F)C(F)(F)F. The van der Waals surface area contributed by atoms with E-state index < -0.39 is 57.1 Å². The second-order valence-electron chi connectivity index (χ2n) is 20.7. The van der Waals surface area contributed by atoms with Crippen LogP contribution in [0.25, 0.3) is 6.08 Å². The lowest BCUT2D eigenvalue weighted by Crippen LogP contribution is -2.75. The van der Waals surface area contributed by atoms with Crippen LogP contribution >= 0.6 is 34.9 Å². The van der Waals surface area contributed by atoms with E-state index in [1.165, 1.54) is 81.2 Å². The van der Waals surface area contributed by atoms with Crippen molar-refractivity contribution in [3.63, 3.8) is 0 Å². The van der Waals surface area contributed by atoms with Crippen LogP contribution < -0.4 is 4.90 Å². The number of alkyl halides is 17. The molecule has 3 aromatic carbocycles. The summed E-state index contributed by atoms with van der Waals surface area (Å²) in [5.41, 5.74) is 13.3. The highest BCUT2D eigenvalue weighted by atomic mass is 32.2. The van der Waals surface area contributed by atoms with Crippen molar-refractivity contribution >= 4 is 68.1 Å². The summed E-state index contributed by atoms with van der Waals surface area (Å²) in [6.07, 6.45) is 10.4. The Morgan fingerprint density at radius 1 is 0.679 bits per heavy atom. The molecule has 1 aromatic heterocycles. The van der Waals surface area contributed by atoms with E-state index in [1.54, 1.807) is 34.9 Å². The molecule has 0 saturated carbocycles. The molecule has 0 N–H and O–H groups in total. The van der Waals surface area contributed by atoms with E-state index in [0.717, 1.165) is 45.9 Å². The van der Waals surface area contributed by atoms with Crippen LogP contribution in [0.15, 0.2) is 134 Å². The largest absolute Gasteiger partial charge is 0.743 e. The van der Waals surface area contributed by atoms with Gasteiger partial charge < -0.3 is 9.45 Å². The minimum Gasteiger partial charge on any atom is -0.743 e. The van der Waals surface area contributed by atoms with Crippen molar-refractivity contribution in [2.45, 2.75) is 152 Å². The third kappa shape index (κ3) is 12.3. The van der Waals surface area contributed by atoms with Crippen LogP contribution in [0.5, 0.6) is 0 Å². The first-order chi connectivity index (χ1) is 38.6. The zero-order valence-electron chi connectivity index (χ0n) is 45.5. The Labute approximate surface area is 486 Å². The van der Waals surface area contributed by atoms with Crippen LogP contribution in [0.3, 0.4) is 0 Å². The van der Waals surface area contributed by atoms with E-state index in [-0.39, 0.29) is 10.8 Å². The summed E-state index contributed by atoms with van der Waals surface area (Å²) >= 11 is 5.26. The molecule has 0 bridgehead atoms. The van der Waals surface area contributed by atoms with Gasteiger partial charge in [-0.2, -0.15) is 79.2 Å². The fourth-order valence-electron chi connectivity index (χ4n) is 9.49. The van der Waals surface area contributed by atoms with Crippen LogP contribution in [0.1, 0.15) is 102 Å². The van der Waals surface area contributed by atoms with Gasteiger partial charge in [-0.05, 0) is 73.1 Å². The minimum atomic E-state index is -8.92. The summed E-state index contributed by atoms with van der Waals surface area (Å²) < 4.78 is 249. The maximum atomic E-state index is 13.0. The zero-order valence-corrected chi connectivity index (χ0v) is 48.7. The van der Waals surface area contributed by atoms with Gasteiger partial charge in [-0.3, -0.25) is 0 Å². The molecular weight excluding hydrogens is 1230 g/mol. The fraction of sp³-hybridized carbons (Fsp3) is 0.446. The molecule has 460 valence electrons. The number of unbranched alkanes of at least 4 members (excludes halogenated alkanes) is 2. The Balaban J connectivity index is 0.000000332. The van der Waals surface area contributed by atoms with E-state index in [1.807, 2.05) is 6.08 Å². The Morgan fingerprint density at radius 2 is 1.23 bits per heavy atom. The van der Waals surface area contributed by atoms with Gasteiger partial charge in [-0.15, -0.1) is 10.2 Å². The molecule has 0 radical (unpaired) electrons. The topological polar surface area (TPSA) is 89.2 Å². The number of hydrogen-bond donors (Lipinski definition) is 0. The number of hydrogen-bond acceptors (Lipinski definition) is 9. The monoisotopic (exact) mass is 1280 g/mol. The Kier molecular flexibility index (Phi) is 19.8. The Bertz CT molecular complexity index is 3350. The lowest BCUT2D eigenvalue weighted by atomic mass is 9.81. The molecule has 7 nitrogen and oxygen atoms in total. The van der Waals surface area contributed by atoms with Gasteiger partial charge in [0.25, 0.3) is 0 Å². The molecule has 4 aromatic rings. The number of anilines is 1. The van der Waals surface area contributed by atoms with Gasteiger partial charge in [-0.25, -0.2) is 8.42 Å². The molecule has 3 heterocycles. The fourth-order valence-corrected chi connectivity index (χ4v) is 13.1. The predicted octanol–water partition coefficient (Wildman–Crippen LogP) is 18.0. The van der Waals surface area contributed by atoms with Gasteiger partial charge >= 0.3 is 47.0 Å². The lowest BCUT2D eigenvalue weighted by molar-refractivity contribution is -0.458. The molecule has 0 amide bonds. The van der Waals surface area contributed by atoms with E-state index in [4.69, 9.17) is 5.10 Å². The number of rotatable bonds is 22. The zero-order chi connectivity index (χ0) is 63.1. The summed E-state index contributed by atoms with van der Waals surface area (Å²) in [5.74, 6) is -51.3. The second-order valence-corrected chi connectivity index (χ2v) is 25.6. The van der Waals surface area contributed by atoms with Crippen LogP contribution in [0, 0.1) is 0 Å². The van der Waals surface area contributed by atoms with Crippen molar-refractivity contribution < 1.29 is 92.2 Å². The standard InChI is InChI=1S/C48H55N4S3.C8HF17O3S/c1-8-11-31-51-40-19-15-13-17-38(40)47(4,5)42(51)29-27-36-25-26-37(28-30-43-48(6,7)39-18-14-16-20-41(39)52(43)32-12-9-2)44(36)54-46-50-49-45(55-46)53-33-35-23-21-34(10-3)22-24-35;9-1(10,3(13,14)5(17,18)7(21,22)23)2(11,12)4(15,16)6(19,20)8(24,25)29(26,27)28/h10,13-24,27-30H,3,8-9,11-12,25-26,31-33H2,1-2,4-7H3;(H,26,27,28)/q+1;/p-1. The smallest absolute Gasteiger partial charge is 0.460 e. The second kappa shape index (κ2) is 24.5. The van der Waals surface area contributed by atoms with Crippen LogP contribution in [0.2, 0.25) is 0 Å². The molecule has 0 spiro atoms. The number of benzene rings is 3. The first-order valence-electron chi connectivity index (χ1n) is 25.6. The predicted molar refractivity (Wildman–Crippen MR) is 290 cm³/mol. The molecule has 28 heteroatoms. The molecule has 7 rings (SSSR count). The number of halogens is 17. The minimum absolute atomic E-state index is 0.0707. The quantitative estimate of drug-likeness (QED) is 0.0333. The number of para-hydroxylation sites is 2. The summed E-state index contributed by atoms with van der Waals surface area (Å²) in [5, 5.41) is 1.42. The van der Waals surface area contributed by atoms with E-state index >= 15 is 0 Å². The third-order valence-corrected chi connectivity index (χ3v) is 18.7. The highest BCUT2D eigenvalue weighted by Crippen LogP contribution is 2.64. The van der Waals surface area contributed by atoms with Crippen molar-refractivity contribution in [1.82, 2.24) is 10.2 Å². The van der Waals surface area contributed by atoms with Crippen LogP contribution in [-0.4, -0.2) is 93.5 Å². The lowest BCUT2D eigenvalue weighted by Gasteiger charge is -2.42. The van der Waals surface area contributed by atoms with Crippen molar-refractivity contribution in [3.8, 4) is 0 Å². The molecular formula is C56H55F17N4O3S4. The van der Waals surface area contributed by atoms with Gasteiger partial charge in [0.2, 0.25) is 5.69 Å². The third-order valence-electron chi connectivity index (χ3n) is 14.4. The molecule has 1 aliphatic carbocycles. The van der Waals surface area contributed by atoms with E-state index in [2.05, 4.69) is 160 Å². The maximum absolute atomic E-state index is 13.0. The number of aromatic nitrogens is 2. The molecule has 0 atom stereocenters. The van der Waals surface area contributed by atoms with Gasteiger partial charge in [0.05, 0.1) is 5.41 Å². The summed E-state index contributed by atoms with van der Waals surface area (Å²) in [6.45, 7) is 20.0. The van der Waals surface area contributed by atoms with Gasteiger partial charge in [0.1, 0.15) is 6.54 Å². The maximum Gasteiger partial charge on any atom is 0.460 e. The summed E-state index contributed by atoms with van der Waals surface area (Å²) in [7, 11) is -8.14. The van der Waals surface area contributed by atoms with Crippen molar-refractivity contribution in [1.29, 1.82) is 0 Å². The highest BCUT2D eigenvalue weighted by molar-refractivity contribution is 8.05. The number of allylic oxidation sites excluding steroid dienone is 7. The van der Waals surface area contributed by atoms with Gasteiger partial charge in [0, 0.05) is 58.1 Å². The molecule has 3 aliphatic rings. The van der Waals surface area contributed by atoms with Crippen molar-refractivity contribution in [2.24, 2.45) is 0 Å². The Morgan fingerprint density at radius 3 is 1.80 bits per heavy atom. The first kappa shape index (κ1) is 67.9. The average Bonchev–Trinajstić information content (AvgIpc) is 1.14. The van der Waals surface area contributed by atoms with Crippen molar-refractivity contribution in [3.05, 3.63) is 148 Å². The van der Waals surface area contributed by atoms with E-state index in [0.29, 0.717) is 0 Å². The molecule has 84 heavy (non-hydrogen) atoms. The van der Waals surface area contributed by atoms with Gasteiger partial charge in [-0.1, -0.05) is 161 Å². The normalized spacial score (nSPS) is 18.1. The Hall–Kier alpha value is -5.19. The van der Waals surface area contributed by atoms with E-state index in [9.17, 15) is 87.6 Å². The van der Waals surface area contributed by atoms with Crippen LogP contribution in [-0.2, 0) is 26.7 Å². The molecule has 0 unspecified atom stereocenters. The van der Waals surface area contributed by atoms with Gasteiger partial charge in [0.15, 0.2) is 24.5 Å². The number of thioether (sulfide) groups is 2. The van der Waals surface area contributed by atoms with Crippen LogP contribution in [0.4, 0.5) is 86.0 Å². The summed E-state index contributed by atoms with van der Waals surface area (Å²) in [4.78, 5) is 3.89. The number of nitrogens with zero attached hydrogens (tertiary/aromatic N) is 4. The number of fused-ring (bicyclic) bond motifs is 2.